The van der Waals surface area contributed by atoms with Crippen molar-refractivity contribution in [2.75, 3.05) is 6.54 Å². The third kappa shape index (κ3) is 1.77. The first kappa shape index (κ1) is 11.8. The quantitative estimate of drug-likeness (QED) is 0.447. The molecule has 3 unspecified atom stereocenters. The summed E-state index contributed by atoms with van der Waals surface area (Å²) in [6, 6.07) is 0. The highest BCUT2D eigenvalue weighted by molar-refractivity contribution is 4.94. The molecule has 4 heteroatoms. The van der Waals surface area contributed by atoms with Crippen LogP contribution >= 0.6 is 0 Å². The van der Waals surface area contributed by atoms with Crippen molar-refractivity contribution in [1.82, 2.24) is 0 Å². The summed E-state index contributed by atoms with van der Waals surface area (Å²) in [6.45, 7) is 4.62. The third-order valence-electron chi connectivity index (χ3n) is 2.69. The zero-order chi connectivity index (χ0) is 9.94. The van der Waals surface area contributed by atoms with Gasteiger partial charge in [0.15, 0.2) is 0 Å². The van der Waals surface area contributed by atoms with Crippen molar-refractivity contribution in [1.29, 1.82) is 0 Å². The fourth-order valence-electron chi connectivity index (χ4n) is 1.56. The van der Waals surface area contributed by atoms with Gasteiger partial charge in [-0.1, -0.05) is 0 Å². The van der Waals surface area contributed by atoms with E-state index in [0.29, 0.717) is 0 Å². The minimum atomic E-state index is -1.01. The first-order chi connectivity index (χ1) is 5.39. The predicted octanol–water partition coefficient (Wildman–Crippen LogP) is -0.926. The molecule has 12 heavy (non-hydrogen) atoms. The van der Waals surface area contributed by atoms with E-state index in [4.69, 9.17) is 5.73 Å². The SMILES string of the molecule is CC(O)C(CN)(C(C)O)C(C)O. The van der Waals surface area contributed by atoms with Crippen molar-refractivity contribution >= 4 is 0 Å². The molecule has 0 amide bonds. The van der Waals surface area contributed by atoms with E-state index in [1.165, 1.54) is 20.8 Å². The van der Waals surface area contributed by atoms with Gasteiger partial charge >= 0.3 is 0 Å². The second-order valence-electron chi connectivity index (χ2n) is 3.34. The first-order valence-electron chi connectivity index (χ1n) is 4.13. The zero-order valence-corrected chi connectivity index (χ0v) is 7.86. The Morgan fingerprint density at radius 3 is 1.25 bits per heavy atom. The molecule has 4 nitrogen and oxygen atoms in total. The lowest BCUT2D eigenvalue weighted by Crippen LogP contribution is -2.55. The molecule has 5 N–H and O–H groups in total. The van der Waals surface area contributed by atoms with E-state index in [-0.39, 0.29) is 6.54 Å². The van der Waals surface area contributed by atoms with Gasteiger partial charge in [0.25, 0.3) is 0 Å². The summed E-state index contributed by atoms with van der Waals surface area (Å²) >= 11 is 0. The van der Waals surface area contributed by atoms with Crippen LogP contribution in [0.3, 0.4) is 0 Å². The Labute approximate surface area is 73.0 Å². The molecule has 0 aromatic heterocycles. The Kier molecular flexibility index (Phi) is 4.13. The highest BCUT2D eigenvalue weighted by Gasteiger charge is 2.43. The van der Waals surface area contributed by atoms with Crippen LogP contribution in [-0.4, -0.2) is 40.2 Å². The highest BCUT2D eigenvalue weighted by Crippen LogP contribution is 2.29. The molecule has 3 atom stereocenters. The van der Waals surface area contributed by atoms with Crippen LogP contribution in [0.2, 0.25) is 0 Å². The van der Waals surface area contributed by atoms with E-state index < -0.39 is 23.7 Å². The topological polar surface area (TPSA) is 86.7 Å². The van der Waals surface area contributed by atoms with Gasteiger partial charge in [-0.15, -0.1) is 0 Å². The van der Waals surface area contributed by atoms with Gasteiger partial charge in [0.05, 0.1) is 23.7 Å². The number of nitrogens with two attached hydrogens (primary N) is 1. The first-order valence-corrected chi connectivity index (χ1v) is 4.13. The van der Waals surface area contributed by atoms with E-state index in [1.807, 2.05) is 0 Å². The second kappa shape index (κ2) is 4.18. The summed E-state index contributed by atoms with van der Waals surface area (Å²) in [6.07, 6.45) is -2.49. The molecule has 0 aromatic carbocycles. The maximum Gasteiger partial charge on any atom is 0.0630 e. The standard InChI is InChI=1S/C8H19NO3/c1-5(10)8(4-9,6(2)11)7(3)12/h5-7,10-12H,4,9H2,1-3H3. The maximum atomic E-state index is 9.40. The van der Waals surface area contributed by atoms with Crippen LogP contribution in [0.15, 0.2) is 0 Å². The summed E-state index contributed by atoms with van der Waals surface area (Å²) in [7, 11) is 0. The number of hydrogen-bond donors (Lipinski definition) is 4. The van der Waals surface area contributed by atoms with Gasteiger partial charge < -0.3 is 21.1 Å². The van der Waals surface area contributed by atoms with Gasteiger partial charge in [-0.05, 0) is 20.8 Å². The molecule has 0 aliphatic rings. The lowest BCUT2D eigenvalue weighted by Gasteiger charge is -2.40. The normalized spacial score (nSPS) is 24.2. The van der Waals surface area contributed by atoms with Crippen molar-refractivity contribution in [2.45, 2.75) is 39.1 Å². The molecule has 0 aliphatic carbocycles. The molecular formula is C8H19NO3. The fourth-order valence-corrected chi connectivity index (χ4v) is 1.56. The van der Waals surface area contributed by atoms with Gasteiger partial charge in [0.2, 0.25) is 0 Å². The van der Waals surface area contributed by atoms with Crippen LogP contribution in [0.1, 0.15) is 20.8 Å². The Morgan fingerprint density at radius 1 is 1.00 bits per heavy atom. The maximum absolute atomic E-state index is 9.40. The van der Waals surface area contributed by atoms with E-state index in [9.17, 15) is 15.3 Å². The van der Waals surface area contributed by atoms with Gasteiger partial charge in [0, 0.05) is 6.54 Å². The molecule has 0 bridgehead atoms. The summed E-state index contributed by atoms with van der Waals surface area (Å²) in [4.78, 5) is 0. The largest absolute Gasteiger partial charge is 0.393 e. The molecule has 0 spiro atoms. The minimum absolute atomic E-state index is 0.0556. The van der Waals surface area contributed by atoms with Gasteiger partial charge in [-0.3, -0.25) is 0 Å². The van der Waals surface area contributed by atoms with Crippen molar-refractivity contribution in [3.63, 3.8) is 0 Å². The van der Waals surface area contributed by atoms with E-state index in [1.54, 1.807) is 0 Å². The van der Waals surface area contributed by atoms with Gasteiger partial charge in [-0.25, -0.2) is 0 Å². The molecule has 0 fully saturated rings. The van der Waals surface area contributed by atoms with Crippen LogP contribution in [0.5, 0.6) is 0 Å². The average molecular weight is 177 g/mol. The molecule has 0 aliphatic heterocycles. The number of aliphatic hydroxyl groups is 3. The molecule has 0 rings (SSSR count). The lowest BCUT2D eigenvalue weighted by atomic mass is 9.74. The van der Waals surface area contributed by atoms with Crippen LogP contribution in [-0.2, 0) is 0 Å². The molecule has 0 saturated heterocycles. The lowest BCUT2D eigenvalue weighted by molar-refractivity contribution is -0.114. The van der Waals surface area contributed by atoms with Gasteiger partial charge in [-0.2, -0.15) is 0 Å². The van der Waals surface area contributed by atoms with Crippen LogP contribution in [0, 0.1) is 5.41 Å². The summed E-state index contributed by atoms with van der Waals surface area (Å²) < 4.78 is 0. The van der Waals surface area contributed by atoms with Crippen LogP contribution in [0.25, 0.3) is 0 Å². The molecule has 0 saturated carbocycles. The Balaban J connectivity index is 4.77. The van der Waals surface area contributed by atoms with E-state index in [0.717, 1.165) is 0 Å². The molecule has 0 heterocycles. The monoisotopic (exact) mass is 177 g/mol. The second-order valence-corrected chi connectivity index (χ2v) is 3.34. The molecular weight excluding hydrogens is 158 g/mol. The van der Waals surface area contributed by atoms with Crippen LogP contribution < -0.4 is 5.73 Å². The predicted molar refractivity (Wildman–Crippen MR) is 46.5 cm³/mol. The third-order valence-corrected chi connectivity index (χ3v) is 2.69. The summed E-state index contributed by atoms with van der Waals surface area (Å²) in [5, 5.41) is 28.2. The van der Waals surface area contributed by atoms with Crippen molar-refractivity contribution in [2.24, 2.45) is 11.1 Å². The number of rotatable bonds is 4. The molecule has 0 radical (unpaired) electrons. The van der Waals surface area contributed by atoms with Gasteiger partial charge in [0.1, 0.15) is 0 Å². The van der Waals surface area contributed by atoms with Crippen molar-refractivity contribution < 1.29 is 15.3 Å². The fraction of sp³-hybridized carbons (Fsp3) is 1.00. The number of aliphatic hydroxyl groups excluding tert-OH is 3. The average Bonchev–Trinajstić information content (AvgIpc) is 1.86. The molecule has 0 aromatic rings. The Hall–Kier alpha value is -0.160. The smallest absolute Gasteiger partial charge is 0.0630 e. The minimum Gasteiger partial charge on any atom is -0.393 e. The highest BCUT2D eigenvalue weighted by atomic mass is 16.3. The zero-order valence-electron chi connectivity index (χ0n) is 7.86. The van der Waals surface area contributed by atoms with Crippen molar-refractivity contribution in [3.8, 4) is 0 Å². The molecule has 74 valence electrons. The Bertz CT molecular complexity index is 112. The van der Waals surface area contributed by atoms with E-state index in [2.05, 4.69) is 0 Å². The van der Waals surface area contributed by atoms with E-state index >= 15 is 0 Å². The van der Waals surface area contributed by atoms with Crippen molar-refractivity contribution in [3.05, 3.63) is 0 Å². The Morgan fingerprint density at radius 2 is 1.25 bits per heavy atom. The summed E-state index contributed by atoms with van der Waals surface area (Å²) in [5.41, 5.74) is 4.42. The summed E-state index contributed by atoms with van der Waals surface area (Å²) in [5.74, 6) is 0. The van der Waals surface area contributed by atoms with Crippen LogP contribution in [0.4, 0.5) is 0 Å². The number of hydrogen-bond acceptors (Lipinski definition) is 4.